The molecule has 1 atom stereocenters. The average Bonchev–Trinajstić information content (AvgIpc) is 3.03. The third-order valence-electron chi connectivity index (χ3n) is 4.01. The standard InChI is InChI=1S/C17H25N3O2/c1-20(2)17(22)15-5-3-4-14(10-15)12-19-16(21)7-6-13-8-9-18-11-13/h3-5,10,13,18H,6-9,11-12H2,1-2H3,(H,19,21). The Hall–Kier alpha value is -1.88. The molecule has 1 aromatic rings. The van der Waals surface area contributed by atoms with Crippen LogP contribution in [0.15, 0.2) is 24.3 Å². The van der Waals surface area contributed by atoms with Crippen LogP contribution in [0.1, 0.15) is 35.2 Å². The molecule has 0 aromatic heterocycles. The summed E-state index contributed by atoms with van der Waals surface area (Å²) in [6.45, 7) is 2.57. The van der Waals surface area contributed by atoms with Crippen LogP contribution in [0.4, 0.5) is 0 Å². The number of rotatable bonds is 6. The summed E-state index contributed by atoms with van der Waals surface area (Å²) in [5.74, 6) is 0.685. The third kappa shape index (κ3) is 4.84. The Morgan fingerprint density at radius 3 is 2.86 bits per heavy atom. The second-order valence-electron chi connectivity index (χ2n) is 6.07. The van der Waals surface area contributed by atoms with Crippen LogP contribution in [-0.2, 0) is 11.3 Å². The molecule has 1 aromatic carbocycles. The van der Waals surface area contributed by atoms with Crippen molar-refractivity contribution in [3.8, 4) is 0 Å². The molecular formula is C17H25N3O2. The van der Waals surface area contributed by atoms with Gasteiger partial charge in [-0.05, 0) is 49.5 Å². The second-order valence-corrected chi connectivity index (χ2v) is 6.07. The van der Waals surface area contributed by atoms with Gasteiger partial charge in [-0.3, -0.25) is 9.59 Å². The zero-order chi connectivity index (χ0) is 15.9. The minimum atomic E-state index is -0.0260. The molecule has 1 fully saturated rings. The SMILES string of the molecule is CN(C)C(=O)c1cccc(CNC(=O)CCC2CCNC2)c1. The maximum Gasteiger partial charge on any atom is 0.253 e. The average molecular weight is 303 g/mol. The van der Waals surface area contributed by atoms with Gasteiger partial charge in [-0.2, -0.15) is 0 Å². The molecule has 1 unspecified atom stereocenters. The molecule has 2 rings (SSSR count). The minimum Gasteiger partial charge on any atom is -0.352 e. The molecule has 0 radical (unpaired) electrons. The van der Waals surface area contributed by atoms with E-state index < -0.39 is 0 Å². The van der Waals surface area contributed by atoms with Crippen LogP contribution in [0.3, 0.4) is 0 Å². The Balaban J connectivity index is 1.79. The first-order chi connectivity index (χ1) is 10.6. The van der Waals surface area contributed by atoms with Crippen molar-refractivity contribution in [3.63, 3.8) is 0 Å². The zero-order valence-corrected chi connectivity index (χ0v) is 13.4. The number of hydrogen-bond donors (Lipinski definition) is 2. The van der Waals surface area contributed by atoms with E-state index in [2.05, 4.69) is 10.6 Å². The fourth-order valence-electron chi connectivity index (χ4n) is 2.66. The van der Waals surface area contributed by atoms with Crippen molar-refractivity contribution < 1.29 is 9.59 Å². The highest BCUT2D eigenvalue weighted by Crippen LogP contribution is 2.14. The molecule has 22 heavy (non-hydrogen) atoms. The molecule has 5 heteroatoms. The van der Waals surface area contributed by atoms with Crippen LogP contribution in [0.5, 0.6) is 0 Å². The normalized spacial score (nSPS) is 17.3. The largest absolute Gasteiger partial charge is 0.352 e. The lowest BCUT2D eigenvalue weighted by molar-refractivity contribution is -0.121. The quantitative estimate of drug-likeness (QED) is 0.835. The van der Waals surface area contributed by atoms with Gasteiger partial charge in [0.2, 0.25) is 5.91 Å². The van der Waals surface area contributed by atoms with Crippen LogP contribution in [0, 0.1) is 5.92 Å². The second kappa shape index (κ2) is 7.94. The van der Waals surface area contributed by atoms with Gasteiger partial charge in [-0.25, -0.2) is 0 Å². The van der Waals surface area contributed by atoms with Crippen molar-refractivity contribution in [1.29, 1.82) is 0 Å². The van der Waals surface area contributed by atoms with Gasteiger partial charge in [0.15, 0.2) is 0 Å². The van der Waals surface area contributed by atoms with Crippen LogP contribution in [0.25, 0.3) is 0 Å². The summed E-state index contributed by atoms with van der Waals surface area (Å²) in [4.78, 5) is 25.4. The maximum atomic E-state index is 11.9. The fourth-order valence-corrected chi connectivity index (χ4v) is 2.66. The van der Waals surface area contributed by atoms with Crippen LogP contribution < -0.4 is 10.6 Å². The highest BCUT2D eigenvalue weighted by Gasteiger charge is 2.15. The summed E-state index contributed by atoms with van der Waals surface area (Å²) in [5.41, 5.74) is 1.59. The first kappa shape index (κ1) is 16.5. The van der Waals surface area contributed by atoms with E-state index in [-0.39, 0.29) is 11.8 Å². The highest BCUT2D eigenvalue weighted by atomic mass is 16.2. The topological polar surface area (TPSA) is 61.4 Å². The molecule has 1 aliphatic rings. The molecule has 120 valence electrons. The van der Waals surface area contributed by atoms with Gasteiger partial charge in [-0.15, -0.1) is 0 Å². The molecule has 5 nitrogen and oxygen atoms in total. The summed E-state index contributed by atoms with van der Waals surface area (Å²) >= 11 is 0. The Morgan fingerprint density at radius 2 is 2.18 bits per heavy atom. The Morgan fingerprint density at radius 1 is 1.36 bits per heavy atom. The Labute approximate surface area is 132 Å². The van der Waals surface area contributed by atoms with Gasteiger partial charge < -0.3 is 15.5 Å². The smallest absolute Gasteiger partial charge is 0.253 e. The summed E-state index contributed by atoms with van der Waals surface area (Å²) in [6.07, 6.45) is 2.68. The van der Waals surface area contributed by atoms with E-state index in [9.17, 15) is 9.59 Å². The van der Waals surface area contributed by atoms with E-state index in [1.807, 2.05) is 18.2 Å². The number of amides is 2. The lowest BCUT2D eigenvalue weighted by atomic mass is 10.0. The van der Waals surface area contributed by atoms with E-state index in [1.165, 1.54) is 6.42 Å². The molecular weight excluding hydrogens is 278 g/mol. The van der Waals surface area contributed by atoms with Gasteiger partial charge in [0, 0.05) is 32.6 Å². The van der Waals surface area contributed by atoms with Gasteiger partial charge in [0.25, 0.3) is 5.91 Å². The Bertz CT molecular complexity index is 522. The molecule has 1 saturated heterocycles. The van der Waals surface area contributed by atoms with Gasteiger partial charge in [0.1, 0.15) is 0 Å². The summed E-state index contributed by atoms with van der Waals surface area (Å²) < 4.78 is 0. The van der Waals surface area contributed by atoms with Crippen LogP contribution in [0.2, 0.25) is 0 Å². The third-order valence-corrected chi connectivity index (χ3v) is 4.01. The molecule has 0 spiro atoms. The molecule has 1 heterocycles. The minimum absolute atomic E-state index is 0.0260. The number of hydrogen-bond acceptors (Lipinski definition) is 3. The van der Waals surface area contributed by atoms with Crippen molar-refractivity contribution in [2.45, 2.75) is 25.8 Å². The lowest BCUT2D eigenvalue weighted by Gasteiger charge is -2.12. The molecule has 0 bridgehead atoms. The van der Waals surface area contributed by atoms with E-state index in [0.717, 1.165) is 25.1 Å². The van der Waals surface area contributed by atoms with Crippen LogP contribution >= 0.6 is 0 Å². The van der Waals surface area contributed by atoms with E-state index in [1.54, 1.807) is 25.1 Å². The van der Waals surface area contributed by atoms with Crippen molar-refractivity contribution in [1.82, 2.24) is 15.5 Å². The zero-order valence-electron chi connectivity index (χ0n) is 13.4. The van der Waals surface area contributed by atoms with Crippen LogP contribution in [-0.4, -0.2) is 43.9 Å². The number of benzene rings is 1. The van der Waals surface area contributed by atoms with Crippen molar-refractivity contribution in [2.75, 3.05) is 27.2 Å². The predicted octanol–water partition coefficient (Wildman–Crippen LogP) is 1.39. The number of carbonyl (C=O) groups excluding carboxylic acids is 2. The van der Waals surface area contributed by atoms with Gasteiger partial charge in [0.05, 0.1) is 0 Å². The lowest BCUT2D eigenvalue weighted by Crippen LogP contribution is -2.24. The van der Waals surface area contributed by atoms with Crippen molar-refractivity contribution >= 4 is 11.8 Å². The van der Waals surface area contributed by atoms with Gasteiger partial charge >= 0.3 is 0 Å². The highest BCUT2D eigenvalue weighted by molar-refractivity contribution is 5.94. The Kier molecular flexibility index (Phi) is 5.95. The van der Waals surface area contributed by atoms with E-state index in [4.69, 9.17) is 0 Å². The molecule has 2 N–H and O–H groups in total. The fraction of sp³-hybridized carbons (Fsp3) is 0.529. The molecule has 0 saturated carbocycles. The first-order valence-corrected chi connectivity index (χ1v) is 7.84. The maximum absolute atomic E-state index is 11.9. The summed E-state index contributed by atoms with van der Waals surface area (Å²) in [5, 5.41) is 6.25. The predicted molar refractivity (Wildman–Crippen MR) is 86.5 cm³/mol. The number of nitrogens with zero attached hydrogens (tertiary/aromatic N) is 1. The summed E-state index contributed by atoms with van der Waals surface area (Å²) in [6, 6.07) is 7.40. The summed E-state index contributed by atoms with van der Waals surface area (Å²) in [7, 11) is 3.46. The van der Waals surface area contributed by atoms with E-state index in [0.29, 0.717) is 24.4 Å². The van der Waals surface area contributed by atoms with Crippen molar-refractivity contribution in [2.24, 2.45) is 5.92 Å². The van der Waals surface area contributed by atoms with E-state index >= 15 is 0 Å². The monoisotopic (exact) mass is 303 g/mol. The van der Waals surface area contributed by atoms with Crippen molar-refractivity contribution in [3.05, 3.63) is 35.4 Å². The molecule has 1 aliphatic heterocycles. The van der Waals surface area contributed by atoms with Gasteiger partial charge in [-0.1, -0.05) is 12.1 Å². The number of carbonyl (C=O) groups is 2. The molecule has 2 amide bonds. The number of nitrogens with one attached hydrogen (secondary N) is 2. The molecule has 0 aliphatic carbocycles. The first-order valence-electron chi connectivity index (χ1n) is 7.84.